The van der Waals surface area contributed by atoms with Crippen molar-refractivity contribution < 1.29 is 28.6 Å². The lowest BCUT2D eigenvalue weighted by Gasteiger charge is -2.36. The van der Waals surface area contributed by atoms with Gasteiger partial charge < -0.3 is 19.5 Å². The van der Waals surface area contributed by atoms with E-state index in [9.17, 15) is 14.4 Å². The van der Waals surface area contributed by atoms with Crippen LogP contribution in [0.25, 0.3) is 0 Å². The number of carbonyl (C=O) groups excluding carboxylic acids is 3. The van der Waals surface area contributed by atoms with Crippen molar-refractivity contribution in [1.29, 1.82) is 0 Å². The second-order valence-electron chi connectivity index (χ2n) is 9.95. The average molecular weight is 580 g/mol. The van der Waals surface area contributed by atoms with E-state index in [-0.39, 0.29) is 24.1 Å². The molecule has 1 N–H and O–H groups in total. The summed E-state index contributed by atoms with van der Waals surface area (Å²) in [5.41, 5.74) is 4.63. The fraction of sp³-hybridized carbons (Fsp3) is 0.367. The Labute approximate surface area is 230 Å². The van der Waals surface area contributed by atoms with E-state index in [1.54, 1.807) is 6.07 Å². The van der Waals surface area contributed by atoms with Crippen LogP contribution in [0, 0.1) is 13.8 Å². The van der Waals surface area contributed by atoms with Crippen LogP contribution in [0.3, 0.4) is 0 Å². The van der Waals surface area contributed by atoms with Crippen LogP contribution in [-0.2, 0) is 19.1 Å². The highest BCUT2D eigenvalue weighted by Gasteiger charge is 2.42. The predicted octanol–water partition coefficient (Wildman–Crippen LogP) is 6.22. The minimum Gasteiger partial charge on any atom is -0.493 e. The number of amides is 1. The molecule has 38 heavy (non-hydrogen) atoms. The van der Waals surface area contributed by atoms with E-state index in [0.717, 1.165) is 35.2 Å². The van der Waals surface area contributed by atoms with E-state index >= 15 is 0 Å². The largest absolute Gasteiger partial charge is 0.493 e. The number of hydrogen-bond donors (Lipinski definition) is 1. The average Bonchev–Trinajstić information content (AvgIpc) is 2.89. The summed E-state index contributed by atoms with van der Waals surface area (Å²) < 4.78 is 18.2. The topological polar surface area (TPSA) is 90.9 Å². The molecule has 1 aliphatic heterocycles. The Hall–Kier alpha value is -3.39. The molecule has 0 aromatic heterocycles. The smallest absolute Gasteiger partial charge is 0.262 e. The molecule has 0 saturated carbocycles. The molecule has 0 bridgehead atoms. The first-order valence-corrected chi connectivity index (χ1v) is 13.6. The van der Waals surface area contributed by atoms with Gasteiger partial charge in [0.05, 0.1) is 11.6 Å². The fourth-order valence-electron chi connectivity index (χ4n) is 5.39. The normalized spacial score (nSPS) is 17.6. The SMILES string of the molecule is COc1cc(C2C3=C(CCCC3=O)OC3=C2C(=O)CCC3)cc(Br)c1OCC(=O)Nc1cc(C)ccc1C. The number of benzene rings is 2. The molecule has 2 aromatic carbocycles. The van der Waals surface area contributed by atoms with Crippen molar-refractivity contribution in [2.24, 2.45) is 0 Å². The molecular formula is C30H30BrNO6. The minimum atomic E-state index is -0.513. The van der Waals surface area contributed by atoms with Crippen molar-refractivity contribution in [3.8, 4) is 11.5 Å². The van der Waals surface area contributed by atoms with Gasteiger partial charge in [-0.05, 0) is 77.5 Å². The number of hydrogen-bond acceptors (Lipinski definition) is 6. The Kier molecular flexibility index (Phi) is 7.43. The third-order valence-corrected chi connectivity index (χ3v) is 7.83. The number of ketones is 2. The monoisotopic (exact) mass is 579 g/mol. The molecule has 8 heteroatoms. The zero-order valence-electron chi connectivity index (χ0n) is 21.7. The van der Waals surface area contributed by atoms with Gasteiger partial charge in [0.15, 0.2) is 29.7 Å². The second kappa shape index (κ2) is 10.8. The molecule has 1 heterocycles. The van der Waals surface area contributed by atoms with Crippen LogP contribution < -0.4 is 14.8 Å². The molecule has 0 unspecified atom stereocenters. The van der Waals surface area contributed by atoms with Gasteiger partial charge in [-0.3, -0.25) is 14.4 Å². The number of allylic oxidation sites excluding steroid dienone is 4. The molecule has 3 aliphatic rings. The van der Waals surface area contributed by atoms with E-state index in [2.05, 4.69) is 21.2 Å². The van der Waals surface area contributed by atoms with Gasteiger partial charge in [0, 0.05) is 48.4 Å². The third-order valence-electron chi connectivity index (χ3n) is 7.24. The van der Waals surface area contributed by atoms with Gasteiger partial charge in [-0.15, -0.1) is 0 Å². The molecule has 0 fully saturated rings. The van der Waals surface area contributed by atoms with Crippen LogP contribution in [0.15, 0.2) is 57.5 Å². The summed E-state index contributed by atoms with van der Waals surface area (Å²) in [4.78, 5) is 38.8. The number of rotatable bonds is 6. The van der Waals surface area contributed by atoms with Crippen molar-refractivity contribution in [1.82, 2.24) is 0 Å². The first-order chi connectivity index (χ1) is 18.3. The minimum absolute atomic E-state index is 0.0136. The van der Waals surface area contributed by atoms with Gasteiger partial charge in [-0.1, -0.05) is 12.1 Å². The van der Waals surface area contributed by atoms with Crippen LogP contribution in [0.2, 0.25) is 0 Å². The van der Waals surface area contributed by atoms with Gasteiger partial charge in [0.25, 0.3) is 5.91 Å². The van der Waals surface area contributed by atoms with Crippen molar-refractivity contribution in [2.45, 2.75) is 58.3 Å². The highest BCUT2D eigenvalue weighted by Crippen LogP contribution is 2.50. The maximum atomic E-state index is 13.1. The Balaban J connectivity index is 1.45. The van der Waals surface area contributed by atoms with Crippen molar-refractivity contribution in [2.75, 3.05) is 19.0 Å². The zero-order chi connectivity index (χ0) is 27.0. The summed E-state index contributed by atoms with van der Waals surface area (Å²) in [5.74, 6) is 1.34. The number of Topliss-reactive ketones (excluding diaryl/α,β-unsaturated/α-hetero) is 2. The van der Waals surface area contributed by atoms with E-state index in [1.165, 1.54) is 7.11 Å². The van der Waals surface area contributed by atoms with Crippen LogP contribution >= 0.6 is 15.9 Å². The summed E-state index contributed by atoms with van der Waals surface area (Å²) in [6, 6.07) is 9.49. The van der Waals surface area contributed by atoms with Crippen LogP contribution in [0.4, 0.5) is 5.69 Å². The van der Waals surface area contributed by atoms with Crippen molar-refractivity contribution in [3.05, 3.63) is 74.2 Å². The number of ether oxygens (including phenoxy) is 3. The number of anilines is 1. The quantitative estimate of drug-likeness (QED) is 0.437. The van der Waals surface area contributed by atoms with E-state index in [1.807, 2.05) is 38.1 Å². The summed E-state index contributed by atoms with van der Waals surface area (Å²) in [6.07, 6.45) is 3.71. The third kappa shape index (κ3) is 5.01. The zero-order valence-corrected chi connectivity index (χ0v) is 23.3. The van der Waals surface area contributed by atoms with Crippen molar-refractivity contribution >= 4 is 39.1 Å². The molecule has 1 amide bonds. The van der Waals surface area contributed by atoms with E-state index in [4.69, 9.17) is 14.2 Å². The van der Waals surface area contributed by atoms with Gasteiger partial charge >= 0.3 is 0 Å². The fourth-order valence-corrected chi connectivity index (χ4v) is 5.97. The predicted molar refractivity (Wildman–Crippen MR) is 146 cm³/mol. The molecule has 2 aliphatic carbocycles. The Morgan fingerprint density at radius 2 is 1.66 bits per heavy atom. The van der Waals surface area contributed by atoms with Crippen molar-refractivity contribution in [3.63, 3.8) is 0 Å². The van der Waals surface area contributed by atoms with Crippen LogP contribution in [0.1, 0.15) is 61.1 Å². The number of nitrogens with one attached hydrogen (secondary N) is 1. The Bertz CT molecular complexity index is 1360. The lowest BCUT2D eigenvalue weighted by molar-refractivity contribution is -0.119. The lowest BCUT2D eigenvalue weighted by atomic mass is 9.73. The summed E-state index contributed by atoms with van der Waals surface area (Å²) in [6.45, 7) is 3.67. The number of halogens is 1. The number of aryl methyl sites for hydroxylation is 2. The molecule has 0 saturated heterocycles. The Morgan fingerprint density at radius 3 is 2.29 bits per heavy atom. The first-order valence-electron chi connectivity index (χ1n) is 12.8. The molecule has 2 aromatic rings. The molecule has 0 atom stereocenters. The van der Waals surface area contributed by atoms with E-state index in [0.29, 0.717) is 64.3 Å². The van der Waals surface area contributed by atoms with Gasteiger partial charge in [-0.2, -0.15) is 0 Å². The van der Waals surface area contributed by atoms with Crippen LogP contribution in [-0.4, -0.2) is 31.2 Å². The number of methoxy groups -OCH3 is 1. The molecule has 7 nitrogen and oxygen atoms in total. The number of carbonyl (C=O) groups is 3. The lowest BCUT2D eigenvalue weighted by Crippen LogP contribution is -2.30. The van der Waals surface area contributed by atoms with E-state index < -0.39 is 5.92 Å². The maximum Gasteiger partial charge on any atom is 0.262 e. The first kappa shape index (κ1) is 26.2. The van der Waals surface area contributed by atoms with Gasteiger partial charge in [0.1, 0.15) is 11.5 Å². The summed E-state index contributed by atoms with van der Waals surface area (Å²) in [7, 11) is 1.52. The molecular weight excluding hydrogens is 550 g/mol. The second-order valence-corrected chi connectivity index (χ2v) is 10.8. The summed E-state index contributed by atoms with van der Waals surface area (Å²) >= 11 is 3.58. The highest BCUT2D eigenvalue weighted by atomic mass is 79.9. The molecule has 5 rings (SSSR count). The van der Waals surface area contributed by atoms with Crippen LogP contribution in [0.5, 0.6) is 11.5 Å². The summed E-state index contributed by atoms with van der Waals surface area (Å²) in [5, 5.41) is 2.89. The maximum absolute atomic E-state index is 13.1. The van der Waals surface area contributed by atoms with Gasteiger partial charge in [-0.25, -0.2) is 0 Å². The highest BCUT2D eigenvalue weighted by molar-refractivity contribution is 9.10. The molecule has 198 valence electrons. The molecule has 0 radical (unpaired) electrons. The standard InChI is InChI=1S/C30H30BrNO6/c1-16-10-11-17(2)20(12-16)32-26(35)15-37-30-19(31)13-18(14-25(30)36-3)27-28-21(33)6-4-8-23(28)38-24-9-5-7-22(34)29(24)27/h10-14,27H,4-9,15H2,1-3H3,(H,32,35). The van der Waals surface area contributed by atoms with Gasteiger partial charge in [0.2, 0.25) is 0 Å². The Morgan fingerprint density at radius 1 is 1.00 bits per heavy atom. The molecule has 0 spiro atoms.